The summed E-state index contributed by atoms with van der Waals surface area (Å²) in [6, 6.07) is -0.351. The Hall–Kier alpha value is -0.320. The van der Waals surface area contributed by atoms with Crippen LogP contribution in [0.25, 0.3) is 0 Å². The number of amides is 1. The second-order valence-corrected chi connectivity index (χ2v) is 6.06. The molecule has 2 rings (SSSR count). The van der Waals surface area contributed by atoms with E-state index in [9.17, 15) is 4.79 Å². The van der Waals surface area contributed by atoms with Crippen molar-refractivity contribution in [3.05, 3.63) is 0 Å². The van der Waals surface area contributed by atoms with E-state index in [4.69, 9.17) is 10.5 Å². The Morgan fingerprint density at radius 1 is 1.20 bits per heavy atom. The van der Waals surface area contributed by atoms with Crippen LogP contribution in [0.4, 0.5) is 0 Å². The normalized spacial score (nSPS) is 22.2. The molecule has 20 heavy (non-hydrogen) atoms. The molecule has 1 heterocycles. The van der Waals surface area contributed by atoms with Crippen LogP contribution in [0, 0.1) is 11.8 Å². The average Bonchev–Trinajstić information content (AvgIpc) is 2.96. The standard InChI is InChI=1S/C15H28N2O2.ClH/c16-14(13-7-10-19-11-8-13)15(18)17-9-3-6-12-4-1-2-5-12;/h12-14H,1-11,16H2,(H,17,18);1H. The van der Waals surface area contributed by atoms with Gasteiger partial charge in [-0.05, 0) is 37.5 Å². The summed E-state index contributed by atoms with van der Waals surface area (Å²) in [7, 11) is 0. The van der Waals surface area contributed by atoms with E-state index in [1.807, 2.05) is 0 Å². The third-order valence-electron chi connectivity index (χ3n) is 4.64. The first-order valence-corrected chi connectivity index (χ1v) is 7.88. The van der Waals surface area contributed by atoms with E-state index in [-0.39, 0.29) is 24.4 Å². The van der Waals surface area contributed by atoms with Gasteiger partial charge in [-0.3, -0.25) is 4.79 Å². The number of hydrogen-bond acceptors (Lipinski definition) is 3. The number of carbonyl (C=O) groups excluding carboxylic acids is 1. The summed E-state index contributed by atoms with van der Waals surface area (Å²) in [5, 5.41) is 3.00. The number of rotatable bonds is 6. The molecule has 0 bridgehead atoms. The van der Waals surface area contributed by atoms with Gasteiger partial charge in [-0.1, -0.05) is 25.7 Å². The van der Waals surface area contributed by atoms with Gasteiger partial charge in [0.05, 0.1) is 6.04 Å². The van der Waals surface area contributed by atoms with E-state index in [0.29, 0.717) is 5.92 Å². The zero-order valence-corrected chi connectivity index (χ0v) is 13.1. The van der Waals surface area contributed by atoms with Gasteiger partial charge in [0, 0.05) is 19.8 Å². The number of carbonyl (C=O) groups is 1. The molecule has 1 aliphatic carbocycles. The Balaban J connectivity index is 0.00000200. The minimum atomic E-state index is -0.351. The van der Waals surface area contributed by atoms with E-state index in [2.05, 4.69) is 5.32 Å². The van der Waals surface area contributed by atoms with Gasteiger partial charge in [0.1, 0.15) is 0 Å². The Morgan fingerprint density at radius 2 is 1.85 bits per heavy atom. The summed E-state index contributed by atoms with van der Waals surface area (Å²) < 4.78 is 5.30. The van der Waals surface area contributed by atoms with Crippen molar-refractivity contribution in [3.8, 4) is 0 Å². The third-order valence-corrected chi connectivity index (χ3v) is 4.64. The Morgan fingerprint density at radius 3 is 2.50 bits per heavy atom. The van der Waals surface area contributed by atoms with Gasteiger partial charge in [-0.2, -0.15) is 0 Å². The fourth-order valence-electron chi connectivity index (χ4n) is 3.31. The van der Waals surface area contributed by atoms with E-state index in [0.717, 1.165) is 44.9 Å². The molecule has 1 saturated carbocycles. The molecule has 0 radical (unpaired) electrons. The highest BCUT2D eigenvalue weighted by Crippen LogP contribution is 2.28. The molecule has 0 aromatic rings. The molecule has 0 aromatic heterocycles. The maximum Gasteiger partial charge on any atom is 0.237 e. The zero-order valence-electron chi connectivity index (χ0n) is 12.3. The fourth-order valence-corrected chi connectivity index (χ4v) is 3.31. The summed E-state index contributed by atoms with van der Waals surface area (Å²) in [4.78, 5) is 12.0. The van der Waals surface area contributed by atoms with Crippen LogP contribution in [0.1, 0.15) is 51.4 Å². The minimum Gasteiger partial charge on any atom is -0.381 e. The molecule has 4 nitrogen and oxygen atoms in total. The van der Waals surface area contributed by atoms with Crippen LogP contribution in [0.2, 0.25) is 0 Å². The maximum absolute atomic E-state index is 12.0. The van der Waals surface area contributed by atoms with E-state index in [1.54, 1.807) is 0 Å². The molecule has 1 saturated heterocycles. The lowest BCUT2D eigenvalue weighted by Crippen LogP contribution is -2.47. The molecule has 1 atom stereocenters. The lowest BCUT2D eigenvalue weighted by molar-refractivity contribution is -0.124. The number of ether oxygens (including phenoxy) is 1. The zero-order chi connectivity index (χ0) is 13.5. The molecular weight excluding hydrogens is 276 g/mol. The largest absolute Gasteiger partial charge is 0.381 e. The Bertz CT molecular complexity index is 277. The van der Waals surface area contributed by atoms with Gasteiger partial charge in [0.25, 0.3) is 0 Å². The van der Waals surface area contributed by atoms with E-state index in [1.165, 1.54) is 32.1 Å². The van der Waals surface area contributed by atoms with E-state index >= 15 is 0 Å². The van der Waals surface area contributed by atoms with Crippen molar-refractivity contribution in [2.24, 2.45) is 17.6 Å². The van der Waals surface area contributed by atoms with Crippen LogP contribution in [0.15, 0.2) is 0 Å². The highest BCUT2D eigenvalue weighted by Gasteiger charge is 2.26. The van der Waals surface area contributed by atoms with Crippen molar-refractivity contribution in [2.45, 2.75) is 57.4 Å². The average molecular weight is 305 g/mol. The second kappa shape index (κ2) is 9.59. The maximum atomic E-state index is 12.0. The molecule has 2 aliphatic rings. The fraction of sp³-hybridized carbons (Fsp3) is 0.933. The predicted octanol–water partition coefficient (Wildman–Crippen LogP) is 2.25. The minimum absolute atomic E-state index is 0. The number of nitrogens with one attached hydrogen (secondary N) is 1. The summed E-state index contributed by atoms with van der Waals surface area (Å²) in [5.41, 5.74) is 6.03. The van der Waals surface area contributed by atoms with Crippen LogP contribution >= 0.6 is 12.4 Å². The lowest BCUT2D eigenvalue weighted by atomic mass is 9.92. The highest BCUT2D eigenvalue weighted by molar-refractivity contribution is 5.85. The molecule has 5 heteroatoms. The van der Waals surface area contributed by atoms with Crippen molar-refractivity contribution >= 4 is 18.3 Å². The number of hydrogen-bond donors (Lipinski definition) is 2. The molecule has 1 aliphatic heterocycles. The highest BCUT2D eigenvalue weighted by atomic mass is 35.5. The van der Waals surface area contributed by atoms with Gasteiger partial charge in [-0.15, -0.1) is 12.4 Å². The summed E-state index contributed by atoms with van der Waals surface area (Å²) in [6.07, 6.45) is 9.74. The number of nitrogens with two attached hydrogens (primary N) is 1. The Labute approximate surface area is 128 Å². The second-order valence-electron chi connectivity index (χ2n) is 6.06. The summed E-state index contributed by atoms with van der Waals surface area (Å²) in [6.45, 7) is 2.27. The van der Waals surface area contributed by atoms with Crippen molar-refractivity contribution in [2.75, 3.05) is 19.8 Å². The molecular formula is C15H29ClN2O2. The first kappa shape index (κ1) is 17.7. The Kier molecular flexibility index (Phi) is 8.50. The van der Waals surface area contributed by atoms with Gasteiger partial charge in [-0.25, -0.2) is 0 Å². The van der Waals surface area contributed by atoms with Gasteiger partial charge in [0.2, 0.25) is 5.91 Å². The summed E-state index contributed by atoms with van der Waals surface area (Å²) in [5.74, 6) is 1.22. The van der Waals surface area contributed by atoms with Crippen LogP contribution in [0.5, 0.6) is 0 Å². The molecule has 3 N–H and O–H groups in total. The van der Waals surface area contributed by atoms with Gasteiger partial charge < -0.3 is 15.8 Å². The van der Waals surface area contributed by atoms with Crippen molar-refractivity contribution in [1.29, 1.82) is 0 Å². The van der Waals surface area contributed by atoms with Gasteiger partial charge >= 0.3 is 0 Å². The quantitative estimate of drug-likeness (QED) is 0.740. The topological polar surface area (TPSA) is 64.4 Å². The van der Waals surface area contributed by atoms with Crippen molar-refractivity contribution in [3.63, 3.8) is 0 Å². The van der Waals surface area contributed by atoms with E-state index < -0.39 is 0 Å². The van der Waals surface area contributed by atoms with Crippen molar-refractivity contribution < 1.29 is 9.53 Å². The van der Waals surface area contributed by atoms with Crippen LogP contribution in [-0.4, -0.2) is 31.7 Å². The predicted molar refractivity (Wildman–Crippen MR) is 83.0 cm³/mol. The monoisotopic (exact) mass is 304 g/mol. The number of halogens is 1. The first-order chi connectivity index (χ1) is 9.27. The smallest absolute Gasteiger partial charge is 0.237 e. The lowest BCUT2D eigenvalue weighted by Gasteiger charge is -2.26. The molecule has 2 fully saturated rings. The molecule has 118 valence electrons. The van der Waals surface area contributed by atoms with Gasteiger partial charge in [0.15, 0.2) is 0 Å². The molecule has 0 spiro atoms. The van der Waals surface area contributed by atoms with Crippen LogP contribution in [-0.2, 0) is 9.53 Å². The third kappa shape index (κ3) is 5.58. The molecule has 0 aromatic carbocycles. The molecule has 1 amide bonds. The van der Waals surface area contributed by atoms with Crippen molar-refractivity contribution in [1.82, 2.24) is 5.32 Å². The molecule has 1 unspecified atom stereocenters. The first-order valence-electron chi connectivity index (χ1n) is 7.88. The summed E-state index contributed by atoms with van der Waals surface area (Å²) >= 11 is 0. The van der Waals surface area contributed by atoms with Crippen LogP contribution in [0.3, 0.4) is 0 Å². The SMILES string of the molecule is Cl.NC(C(=O)NCCCC1CCCC1)C1CCOCC1. The van der Waals surface area contributed by atoms with Crippen LogP contribution < -0.4 is 11.1 Å².